The zero-order valence-electron chi connectivity index (χ0n) is 18.9. The van der Waals surface area contributed by atoms with Crippen molar-refractivity contribution in [3.8, 4) is 0 Å². The molecule has 3 aromatic rings. The number of hydrogen-bond acceptors (Lipinski definition) is 4. The van der Waals surface area contributed by atoms with Gasteiger partial charge in [0.1, 0.15) is 0 Å². The Balaban J connectivity index is 1.34. The number of hydrogen-bond donors (Lipinski definition) is 0. The molecule has 0 spiro atoms. The SMILES string of the molecule is O=C(c1ccc(Cl)c(N2CCCCC2)c1)N1CCOC[C@H](Cc2cncc3ccccc23)C1. The number of amides is 1. The molecular formula is C27H30ClN3O2. The molecule has 172 valence electrons. The lowest BCUT2D eigenvalue weighted by molar-refractivity contribution is 0.0737. The quantitative estimate of drug-likeness (QED) is 0.532. The third kappa shape index (κ3) is 4.99. The first-order chi connectivity index (χ1) is 16.2. The van der Waals surface area contributed by atoms with Crippen molar-refractivity contribution < 1.29 is 9.53 Å². The molecule has 33 heavy (non-hydrogen) atoms. The minimum Gasteiger partial charge on any atom is -0.379 e. The summed E-state index contributed by atoms with van der Waals surface area (Å²) < 4.78 is 5.90. The number of carbonyl (C=O) groups excluding carboxylic acids is 1. The number of ether oxygens (including phenoxy) is 1. The van der Waals surface area contributed by atoms with Crippen molar-refractivity contribution in [2.75, 3.05) is 44.3 Å². The van der Waals surface area contributed by atoms with E-state index in [4.69, 9.17) is 16.3 Å². The molecule has 0 unspecified atom stereocenters. The second-order valence-electron chi connectivity index (χ2n) is 9.13. The summed E-state index contributed by atoms with van der Waals surface area (Å²) in [5, 5.41) is 3.08. The van der Waals surface area contributed by atoms with Gasteiger partial charge in [-0.25, -0.2) is 0 Å². The first kappa shape index (κ1) is 22.2. The van der Waals surface area contributed by atoms with E-state index in [1.165, 1.54) is 30.2 Å². The fourth-order valence-corrected chi connectivity index (χ4v) is 5.28. The Kier molecular flexibility index (Phi) is 6.79. The number of fused-ring (bicyclic) bond motifs is 1. The Labute approximate surface area is 200 Å². The van der Waals surface area contributed by atoms with Crippen molar-refractivity contribution in [2.24, 2.45) is 5.92 Å². The molecule has 0 aliphatic carbocycles. The maximum absolute atomic E-state index is 13.5. The number of pyridine rings is 1. The summed E-state index contributed by atoms with van der Waals surface area (Å²) in [7, 11) is 0. The van der Waals surface area contributed by atoms with Crippen LogP contribution in [-0.4, -0.2) is 55.2 Å². The van der Waals surface area contributed by atoms with Crippen LogP contribution in [0.3, 0.4) is 0 Å². The number of halogens is 1. The van der Waals surface area contributed by atoms with Gasteiger partial charge >= 0.3 is 0 Å². The summed E-state index contributed by atoms with van der Waals surface area (Å²) in [6.45, 7) is 4.47. The van der Waals surface area contributed by atoms with Crippen LogP contribution in [0.1, 0.15) is 35.2 Å². The van der Waals surface area contributed by atoms with Crippen molar-refractivity contribution >= 4 is 34.0 Å². The van der Waals surface area contributed by atoms with Gasteiger partial charge in [-0.2, -0.15) is 0 Å². The summed E-state index contributed by atoms with van der Waals surface area (Å²) in [5.41, 5.74) is 2.88. The molecule has 2 aromatic carbocycles. The van der Waals surface area contributed by atoms with Crippen LogP contribution in [0.15, 0.2) is 54.9 Å². The number of carbonyl (C=O) groups is 1. The summed E-state index contributed by atoms with van der Waals surface area (Å²) in [6, 6.07) is 14.0. The summed E-state index contributed by atoms with van der Waals surface area (Å²) >= 11 is 6.51. The molecule has 0 N–H and O–H groups in total. The third-order valence-electron chi connectivity index (χ3n) is 6.77. The molecule has 6 heteroatoms. The predicted octanol–water partition coefficient (Wildman–Crippen LogP) is 5.21. The summed E-state index contributed by atoms with van der Waals surface area (Å²) in [4.78, 5) is 22.2. The lowest BCUT2D eigenvalue weighted by Crippen LogP contribution is -2.36. The molecule has 0 saturated carbocycles. The van der Waals surface area contributed by atoms with Crippen LogP contribution >= 0.6 is 11.6 Å². The van der Waals surface area contributed by atoms with E-state index in [2.05, 4.69) is 28.1 Å². The van der Waals surface area contributed by atoms with Gasteiger partial charge in [-0.3, -0.25) is 9.78 Å². The highest BCUT2D eigenvalue weighted by molar-refractivity contribution is 6.33. The van der Waals surface area contributed by atoms with E-state index in [-0.39, 0.29) is 11.8 Å². The highest BCUT2D eigenvalue weighted by atomic mass is 35.5. The smallest absolute Gasteiger partial charge is 0.254 e. The number of piperidine rings is 1. The number of nitrogens with zero attached hydrogens (tertiary/aromatic N) is 3. The molecule has 1 amide bonds. The number of aromatic nitrogens is 1. The molecule has 0 bridgehead atoms. The Bertz CT molecular complexity index is 1120. The summed E-state index contributed by atoms with van der Waals surface area (Å²) in [6.07, 6.45) is 8.28. The molecule has 2 saturated heterocycles. The van der Waals surface area contributed by atoms with E-state index in [1.807, 2.05) is 41.6 Å². The van der Waals surface area contributed by atoms with Gasteiger partial charge in [-0.1, -0.05) is 35.9 Å². The van der Waals surface area contributed by atoms with E-state index in [1.54, 1.807) is 0 Å². The Morgan fingerprint density at radius 1 is 1.06 bits per heavy atom. The van der Waals surface area contributed by atoms with Crippen LogP contribution in [-0.2, 0) is 11.2 Å². The van der Waals surface area contributed by atoms with Crippen molar-refractivity contribution in [1.82, 2.24) is 9.88 Å². The fraction of sp³-hybridized carbons (Fsp3) is 0.407. The normalized spacial score (nSPS) is 19.5. The van der Waals surface area contributed by atoms with E-state index >= 15 is 0 Å². The van der Waals surface area contributed by atoms with Gasteiger partial charge in [0.15, 0.2) is 0 Å². The van der Waals surface area contributed by atoms with Crippen molar-refractivity contribution in [3.05, 3.63) is 71.0 Å². The third-order valence-corrected chi connectivity index (χ3v) is 7.09. The van der Waals surface area contributed by atoms with Gasteiger partial charge in [-0.15, -0.1) is 0 Å². The molecular weight excluding hydrogens is 434 g/mol. The maximum atomic E-state index is 13.5. The molecule has 2 aliphatic heterocycles. The maximum Gasteiger partial charge on any atom is 0.254 e. The molecule has 1 atom stereocenters. The first-order valence-electron chi connectivity index (χ1n) is 11.9. The van der Waals surface area contributed by atoms with Gasteiger partial charge in [0, 0.05) is 55.4 Å². The van der Waals surface area contributed by atoms with E-state index in [0.29, 0.717) is 36.9 Å². The Morgan fingerprint density at radius 2 is 1.91 bits per heavy atom. The van der Waals surface area contributed by atoms with E-state index < -0.39 is 0 Å². The standard InChI is InChI=1S/C27H30ClN3O2/c28-25-9-8-21(15-26(25)30-10-4-1-5-11-30)27(32)31-12-13-33-19-20(18-31)14-23-17-29-16-22-6-2-3-7-24(22)23/h2-3,6-9,15-17,20H,1,4-5,10-14,18-19H2/t20-/m1/s1. The van der Waals surface area contributed by atoms with Crippen LogP contribution in [0.25, 0.3) is 10.8 Å². The van der Waals surface area contributed by atoms with Gasteiger partial charge in [0.05, 0.1) is 23.9 Å². The average molecular weight is 464 g/mol. The van der Waals surface area contributed by atoms with Crippen LogP contribution in [0, 0.1) is 5.92 Å². The zero-order valence-corrected chi connectivity index (χ0v) is 19.6. The van der Waals surface area contributed by atoms with E-state index in [0.717, 1.165) is 30.6 Å². The van der Waals surface area contributed by atoms with Gasteiger partial charge in [-0.05, 0) is 54.8 Å². The van der Waals surface area contributed by atoms with Crippen LogP contribution in [0.2, 0.25) is 5.02 Å². The first-order valence-corrected chi connectivity index (χ1v) is 12.3. The molecule has 3 heterocycles. The largest absolute Gasteiger partial charge is 0.379 e. The monoisotopic (exact) mass is 463 g/mol. The van der Waals surface area contributed by atoms with Crippen LogP contribution in [0.5, 0.6) is 0 Å². The minimum absolute atomic E-state index is 0.0523. The number of anilines is 1. The van der Waals surface area contributed by atoms with Crippen LogP contribution in [0.4, 0.5) is 5.69 Å². The second kappa shape index (κ2) is 10.1. The lowest BCUT2D eigenvalue weighted by Gasteiger charge is -2.30. The molecule has 5 nitrogen and oxygen atoms in total. The van der Waals surface area contributed by atoms with Crippen molar-refractivity contribution in [2.45, 2.75) is 25.7 Å². The zero-order chi connectivity index (χ0) is 22.6. The van der Waals surface area contributed by atoms with Crippen molar-refractivity contribution in [3.63, 3.8) is 0 Å². The van der Waals surface area contributed by atoms with E-state index in [9.17, 15) is 4.79 Å². The molecule has 1 aromatic heterocycles. The minimum atomic E-state index is 0.0523. The van der Waals surface area contributed by atoms with Gasteiger partial charge in [0.2, 0.25) is 0 Å². The van der Waals surface area contributed by atoms with Crippen molar-refractivity contribution in [1.29, 1.82) is 0 Å². The number of benzene rings is 2. The fourth-order valence-electron chi connectivity index (χ4n) is 5.05. The Morgan fingerprint density at radius 3 is 2.79 bits per heavy atom. The highest BCUT2D eigenvalue weighted by Gasteiger charge is 2.25. The molecule has 2 aliphatic rings. The predicted molar refractivity (Wildman–Crippen MR) is 133 cm³/mol. The van der Waals surface area contributed by atoms with Gasteiger partial charge in [0.25, 0.3) is 5.91 Å². The molecule has 5 rings (SSSR count). The second-order valence-corrected chi connectivity index (χ2v) is 9.54. The average Bonchev–Trinajstić information content (AvgIpc) is 3.10. The Hall–Kier alpha value is -2.63. The lowest BCUT2D eigenvalue weighted by atomic mass is 9.96. The van der Waals surface area contributed by atoms with Crippen LogP contribution < -0.4 is 4.90 Å². The molecule has 2 fully saturated rings. The highest BCUT2D eigenvalue weighted by Crippen LogP contribution is 2.30. The topological polar surface area (TPSA) is 45.7 Å². The number of rotatable bonds is 4. The van der Waals surface area contributed by atoms with Gasteiger partial charge < -0.3 is 14.5 Å². The molecule has 0 radical (unpaired) electrons. The summed E-state index contributed by atoms with van der Waals surface area (Å²) in [5.74, 6) is 0.273.